The van der Waals surface area contributed by atoms with Gasteiger partial charge in [-0.1, -0.05) is 15.9 Å². The molecule has 0 radical (unpaired) electrons. The van der Waals surface area contributed by atoms with Crippen LogP contribution in [0.15, 0.2) is 28.7 Å². The molecule has 6 nitrogen and oxygen atoms in total. The van der Waals surface area contributed by atoms with E-state index in [2.05, 4.69) is 31.3 Å². The average Bonchev–Trinajstić information content (AvgIpc) is 3.30. The van der Waals surface area contributed by atoms with Gasteiger partial charge < -0.3 is 10.1 Å². The Kier molecular flexibility index (Phi) is 5.78. The Hall–Kier alpha value is -2.46. The van der Waals surface area contributed by atoms with Gasteiger partial charge in [0.2, 0.25) is 0 Å². The quantitative estimate of drug-likeness (QED) is 0.534. The molecule has 164 valence electrons. The molecule has 2 aromatic heterocycles. The Morgan fingerprint density at radius 1 is 1.32 bits per heavy atom. The Labute approximate surface area is 184 Å². The summed E-state index contributed by atoms with van der Waals surface area (Å²) in [6.45, 7) is 4.84. The van der Waals surface area contributed by atoms with E-state index in [0.717, 1.165) is 31.2 Å². The molecule has 1 N–H and O–H groups in total. The van der Waals surface area contributed by atoms with Crippen molar-refractivity contribution in [2.75, 3.05) is 11.9 Å². The number of carbonyl (C=O) groups excluding carboxylic acids is 1. The summed E-state index contributed by atoms with van der Waals surface area (Å²) in [5, 5.41) is 7.55. The SMILES string of the molecule is Cc1nn(CC2CCCO2)c(C)c1NC(=O)c1cc(C(F)(F)F)nc2ccc(Br)cc12. The summed E-state index contributed by atoms with van der Waals surface area (Å²) >= 11 is 3.30. The number of anilines is 1. The van der Waals surface area contributed by atoms with Gasteiger partial charge in [-0.2, -0.15) is 18.3 Å². The molecule has 10 heteroatoms. The summed E-state index contributed by atoms with van der Waals surface area (Å²) in [5.74, 6) is -0.654. The number of benzene rings is 1. The number of hydrogen-bond donors (Lipinski definition) is 1. The molecule has 1 atom stereocenters. The highest BCUT2D eigenvalue weighted by Crippen LogP contribution is 2.32. The molecular weight excluding hydrogens is 477 g/mol. The molecule has 4 rings (SSSR count). The first-order valence-corrected chi connectivity index (χ1v) is 10.6. The lowest BCUT2D eigenvalue weighted by Gasteiger charge is -2.13. The Morgan fingerprint density at radius 3 is 2.77 bits per heavy atom. The summed E-state index contributed by atoms with van der Waals surface area (Å²) in [6, 6.07) is 5.39. The van der Waals surface area contributed by atoms with Crippen LogP contribution in [-0.4, -0.2) is 33.4 Å². The van der Waals surface area contributed by atoms with Crippen LogP contribution in [0.5, 0.6) is 0 Å². The monoisotopic (exact) mass is 496 g/mol. The first kappa shape index (κ1) is 21.8. The van der Waals surface area contributed by atoms with E-state index in [4.69, 9.17) is 4.74 Å². The van der Waals surface area contributed by atoms with E-state index in [1.54, 1.807) is 23.7 Å². The number of aromatic nitrogens is 3. The normalized spacial score (nSPS) is 16.8. The molecule has 1 fully saturated rings. The fourth-order valence-electron chi connectivity index (χ4n) is 3.75. The van der Waals surface area contributed by atoms with Crippen molar-refractivity contribution in [3.8, 4) is 0 Å². The van der Waals surface area contributed by atoms with Gasteiger partial charge in [0.05, 0.1) is 40.8 Å². The number of rotatable bonds is 4. The van der Waals surface area contributed by atoms with Gasteiger partial charge >= 0.3 is 6.18 Å². The highest BCUT2D eigenvalue weighted by molar-refractivity contribution is 9.10. The maximum Gasteiger partial charge on any atom is 0.433 e. The number of fused-ring (bicyclic) bond motifs is 1. The van der Waals surface area contributed by atoms with Crippen molar-refractivity contribution >= 4 is 38.4 Å². The predicted molar refractivity (Wildman–Crippen MR) is 113 cm³/mol. The first-order valence-electron chi connectivity index (χ1n) is 9.78. The summed E-state index contributed by atoms with van der Waals surface area (Å²) in [7, 11) is 0. The third-order valence-corrected chi connectivity index (χ3v) is 5.82. The maximum absolute atomic E-state index is 13.4. The molecule has 3 aromatic rings. The summed E-state index contributed by atoms with van der Waals surface area (Å²) < 4.78 is 48.1. The molecule has 0 aliphatic carbocycles. The van der Waals surface area contributed by atoms with Crippen molar-refractivity contribution in [2.45, 2.75) is 45.5 Å². The van der Waals surface area contributed by atoms with E-state index >= 15 is 0 Å². The number of hydrogen-bond acceptors (Lipinski definition) is 4. The van der Waals surface area contributed by atoms with Crippen LogP contribution >= 0.6 is 15.9 Å². The van der Waals surface area contributed by atoms with Crippen molar-refractivity contribution in [1.29, 1.82) is 0 Å². The van der Waals surface area contributed by atoms with Crippen molar-refractivity contribution in [1.82, 2.24) is 14.8 Å². The number of alkyl halides is 3. The number of aryl methyl sites for hydroxylation is 1. The zero-order valence-electron chi connectivity index (χ0n) is 16.9. The molecule has 1 aliphatic rings. The number of carbonyl (C=O) groups is 1. The second-order valence-electron chi connectivity index (χ2n) is 7.53. The third kappa shape index (κ3) is 4.45. The van der Waals surface area contributed by atoms with Gasteiger partial charge in [0, 0.05) is 16.5 Å². The van der Waals surface area contributed by atoms with Gasteiger partial charge in [0.15, 0.2) is 0 Å². The molecule has 1 aromatic carbocycles. The largest absolute Gasteiger partial charge is 0.433 e. The second-order valence-corrected chi connectivity index (χ2v) is 8.45. The van der Waals surface area contributed by atoms with E-state index in [1.165, 1.54) is 6.07 Å². The average molecular weight is 497 g/mol. The lowest BCUT2D eigenvalue weighted by Crippen LogP contribution is -2.18. The van der Waals surface area contributed by atoms with Crippen LogP contribution in [-0.2, 0) is 17.5 Å². The van der Waals surface area contributed by atoms with Crippen LogP contribution in [0.4, 0.5) is 18.9 Å². The Bertz CT molecular complexity index is 1150. The van der Waals surface area contributed by atoms with Gasteiger partial charge in [-0.25, -0.2) is 4.98 Å². The first-order chi connectivity index (χ1) is 14.6. The van der Waals surface area contributed by atoms with Crippen LogP contribution in [0.1, 0.15) is 40.3 Å². The fraction of sp³-hybridized carbons (Fsp3) is 0.381. The lowest BCUT2D eigenvalue weighted by atomic mass is 10.1. The van der Waals surface area contributed by atoms with Gasteiger partial charge in [0.1, 0.15) is 5.69 Å². The Balaban J connectivity index is 1.70. The zero-order valence-corrected chi connectivity index (χ0v) is 18.5. The molecule has 1 saturated heterocycles. The van der Waals surface area contributed by atoms with E-state index in [1.807, 2.05) is 6.92 Å². The minimum absolute atomic E-state index is 0.0670. The van der Waals surface area contributed by atoms with Gasteiger partial charge in [-0.15, -0.1) is 0 Å². The second kappa shape index (κ2) is 8.23. The number of amides is 1. The fourth-order valence-corrected chi connectivity index (χ4v) is 4.11. The summed E-state index contributed by atoms with van der Waals surface area (Å²) in [6.07, 6.45) is -2.66. The molecular formula is C21H20BrF3N4O2. The minimum Gasteiger partial charge on any atom is -0.376 e. The number of pyridine rings is 1. The smallest absolute Gasteiger partial charge is 0.376 e. The molecule has 0 bridgehead atoms. The third-order valence-electron chi connectivity index (χ3n) is 5.33. The molecule has 1 unspecified atom stereocenters. The van der Waals surface area contributed by atoms with Crippen molar-refractivity contribution in [2.24, 2.45) is 0 Å². The minimum atomic E-state index is -4.67. The van der Waals surface area contributed by atoms with E-state index in [0.29, 0.717) is 27.8 Å². The van der Waals surface area contributed by atoms with Crippen molar-refractivity contribution in [3.05, 3.63) is 51.4 Å². The highest BCUT2D eigenvalue weighted by Gasteiger charge is 2.34. The van der Waals surface area contributed by atoms with Crippen LogP contribution in [0.2, 0.25) is 0 Å². The molecule has 1 amide bonds. The topological polar surface area (TPSA) is 69.0 Å². The van der Waals surface area contributed by atoms with E-state index in [-0.39, 0.29) is 17.2 Å². The zero-order chi connectivity index (χ0) is 22.3. The molecule has 1 aliphatic heterocycles. The molecule has 3 heterocycles. The standard InChI is InChI=1S/C21H20BrF3N4O2/c1-11-19(12(2)29(28-11)10-14-4-3-7-31-14)27-20(30)16-9-18(21(23,24)25)26-17-6-5-13(22)8-15(16)17/h5-6,8-9,14H,3-4,7,10H2,1-2H3,(H,27,30). The van der Waals surface area contributed by atoms with Gasteiger partial charge in [0.25, 0.3) is 5.91 Å². The number of nitrogens with zero attached hydrogens (tertiary/aromatic N) is 3. The van der Waals surface area contributed by atoms with Crippen molar-refractivity contribution in [3.63, 3.8) is 0 Å². The highest BCUT2D eigenvalue weighted by atomic mass is 79.9. The van der Waals surface area contributed by atoms with E-state index < -0.39 is 17.8 Å². The maximum atomic E-state index is 13.4. The van der Waals surface area contributed by atoms with Gasteiger partial charge in [-0.05, 0) is 51.0 Å². The van der Waals surface area contributed by atoms with E-state index in [9.17, 15) is 18.0 Å². The predicted octanol–water partition coefficient (Wildman–Crippen LogP) is 5.26. The van der Waals surface area contributed by atoms with Crippen LogP contribution in [0, 0.1) is 13.8 Å². The number of halogens is 4. The molecule has 31 heavy (non-hydrogen) atoms. The summed E-state index contributed by atoms with van der Waals surface area (Å²) in [5.41, 5.74) is 0.651. The summed E-state index contributed by atoms with van der Waals surface area (Å²) in [4.78, 5) is 16.8. The lowest BCUT2D eigenvalue weighted by molar-refractivity contribution is -0.140. The number of nitrogens with one attached hydrogen (secondary N) is 1. The van der Waals surface area contributed by atoms with Gasteiger partial charge in [-0.3, -0.25) is 9.48 Å². The Morgan fingerprint density at radius 2 is 2.10 bits per heavy atom. The molecule has 0 saturated carbocycles. The van der Waals surface area contributed by atoms with Crippen LogP contribution < -0.4 is 5.32 Å². The van der Waals surface area contributed by atoms with Crippen LogP contribution in [0.3, 0.4) is 0 Å². The molecule has 0 spiro atoms. The van der Waals surface area contributed by atoms with Crippen LogP contribution in [0.25, 0.3) is 10.9 Å². The van der Waals surface area contributed by atoms with Crippen molar-refractivity contribution < 1.29 is 22.7 Å². The number of ether oxygens (including phenoxy) is 1.